The van der Waals surface area contributed by atoms with E-state index in [1.807, 2.05) is 0 Å². The topological polar surface area (TPSA) is 64.3 Å². The van der Waals surface area contributed by atoms with E-state index in [0.29, 0.717) is 27.3 Å². The van der Waals surface area contributed by atoms with Crippen molar-refractivity contribution in [2.24, 2.45) is 5.84 Å². The number of rotatable bonds is 4. The second kappa shape index (κ2) is 6.25. The van der Waals surface area contributed by atoms with Crippen molar-refractivity contribution < 1.29 is 9.53 Å². The molecule has 7 heteroatoms. The van der Waals surface area contributed by atoms with Gasteiger partial charge in [-0.05, 0) is 30.3 Å². The summed E-state index contributed by atoms with van der Waals surface area (Å²) < 4.78 is 5.56. The predicted molar refractivity (Wildman–Crippen MR) is 76.8 cm³/mol. The van der Waals surface area contributed by atoms with Crippen LogP contribution in [-0.4, -0.2) is 5.91 Å². The third kappa shape index (κ3) is 3.84. The van der Waals surface area contributed by atoms with Gasteiger partial charge in [0.25, 0.3) is 5.91 Å². The first-order valence-electron chi connectivity index (χ1n) is 5.27. The van der Waals surface area contributed by atoms with Crippen LogP contribution in [-0.2, 0) is 6.61 Å². The van der Waals surface area contributed by atoms with Crippen LogP contribution in [0.3, 0.4) is 0 Å². The summed E-state index contributed by atoms with van der Waals surface area (Å²) in [7, 11) is 0. The molecule has 19 heavy (non-hydrogen) atoms. The van der Waals surface area contributed by atoms with Gasteiger partial charge in [0.1, 0.15) is 12.4 Å². The van der Waals surface area contributed by atoms with Crippen LogP contribution in [0.2, 0.25) is 10.0 Å². The fraction of sp³-hybridized carbons (Fsp3) is 0.0833. The number of nitrogen functional groups attached to an aromatic ring is 1. The minimum atomic E-state index is -0.318. The van der Waals surface area contributed by atoms with Crippen molar-refractivity contribution in [1.29, 1.82) is 0 Å². The molecule has 1 aromatic heterocycles. The van der Waals surface area contributed by atoms with Crippen molar-refractivity contribution in [1.82, 2.24) is 5.43 Å². The molecule has 0 atom stereocenters. The smallest absolute Gasteiger partial charge is 0.275 e. The van der Waals surface area contributed by atoms with Gasteiger partial charge in [-0.1, -0.05) is 23.2 Å². The summed E-state index contributed by atoms with van der Waals surface area (Å²) >= 11 is 13.0. The number of nitrogens with two attached hydrogens (primary N) is 1. The van der Waals surface area contributed by atoms with Gasteiger partial charge in [-0.3, -0.25) is 10.2 Å². The maximum Gasteiger partial charge on any atom is 0.275 e. The first-order valence-corrected chi connectivity index (χ1v) is 6.84. The normalized spacial score (nSPS) is 10.3. The van der Waals surface area contributed by atoms with Crippen LogP contribution in [0.15, 0.2) is 30.3 Å². The van der Waals surface area contributed by atoms with Gasteiger partial charge in [0.2, 0.25) is 0 Å². The average molecular weight is 317 g/mol. The number of amides is 1. The summed E-state index contributed by atoms with van der Waals surface area (Å²) in [6.45, 7) is 0.333. The van der Waals surface area contributed by atoms with Crippen LogP contribution in [0, 0.1) is 0 Å². The summed E-state index contributed by atoms with van der Waals surface area (Å²) in [5.41, 5.74) is 2.08. The van der Waals surface area contributed by atoms with Crippen LogP contribution in [0.25, 0.3) is 0 Å². The molecule has 3 N–H and O–H groups in total. The van der Waals surface area contributed by atoms with Crippen molar-refractivity contribution in [3.05, 3.63) is 50.1 Å². The highest BCUT2D eigenvalue weighted by atomic mass is 35.5. The molecule has 4 nitrogen and oxygen atoms in total. The van der Waals surface area contributed by atoms with E-state index in [4.69, 9.17) is 33.8 Å². The van der Waals surface area contributed by atoms with Crippen LogP contribution < -0.4 is 16.0 Å². The number of carbonyl (C=O) groups excluding carboxylic acids is 1. The monoisotopic (exact) mass is 316 g/mol. The Hall–Kier alpha value is -1.27. The summed E-state index contributed by atoms with van der Waals surface area (Å²) in [6, 6.07) is 8.48. The van der Waals surface area contributed by atoms with E-state index in [2.05, 4.69) is 5.43 Å². The zero-order valence-corrected chi connectivity index (χ0v) is 12.0. The molecular weight excluding hydrogens is 307 g/mol. The SMILES string of the molecule is NNC(=O)c1ccc(COc2cc(Cl)cc(Cl)c2)s1. The number of thiophene rings is 1. The lowest BCUT2D eigenvalue weighted by Crippen LogP contribution is -2.29. The Morgan fingerprint density at radius 3 is 2.58 bits per heavy atom. The number of halogens is 2. The minimum Gasteiger partial charge on any atom is -0.488 e. The van der Waals surface area contributed by atoms with Crippen LogP contribution in [0.5, 0.6) is 5.75 Å². The van der Waals surface area contributed by atoms with Gasteiger partial charge in [0, 0.05) is 14.9 Å². The van der Waals surface area contributed by atoms with Crippen molar-refractivity contribution in [3.63, 3.8) is 0 Å². The molecule has 0 saturated carbocycles. The summed E-state index contributed by atoms with van der Waals surface area (Å²) in [6.07, 6.45) is 0. The van der Waals surface area contributed by atoms with Gasteiger partial charge in [-0.25, -0.2) is 5.84 Å². The highest BCUT2D eigenvalue weighted by Crippen LogP contribution is 2.25. The van der Waals surface area contributed by atoms with Crippen LogP contribution in [0.1, 0.15) is 14.5 Å². The van der Waals surface area contributed by atoms with Crippen molar-refractivity contribution in [2.75, 3.05) is 0 Å². The first kappa shape index (κ1) is 14.1. The lowest BCUT2D eigenvalue weighted by atomic mass is 10.3. The number of benzene rings is 1. The van der Waals surface area contributed by atoms with Crippen LogP contribution in [0.4, 0.5) is 0 Å². The lowest BCUT2D eigenvalue weighted by Gasteiger charge is -2.05. The van der Waals surface area contributed by atoms with Gasteiger partial charge in [0.15, 0.2) is 0 Å². The Labute approximate surface area is 124 Å². The summed E-state index contributed by atoms with van der Waals surface area (Å²) in [5.74, 6) is 5.32. The Morgan fingerprint density at radius 1 is 1.26 bits per heavy atom. The molecule has 0 aliphatic heterocycles. The Kier molecular flexibility index (Phi) is 4.66. The summed E-state index contributed by atoms with van der Waals surface area (Å²) in [4.78, 5) is 12.7. The molecule has 0 spiro atoms. The van der Waals surface area contributed by atoms with E-state index in [1.54, 1.807) is 30.3 Å². The molecule has 0 aliphatic carbocycles. The number of carbonyl (C=O) groups is 1. The highest BCUT2D eigenvalue weighted by molar-refractivity contribution is 7.14. The third-order valence-electron chi connectivity index (χ3n) is 2.23. The Balaban J connectivity index is 2.02. The molecule has 1 amide bonds. The number of hydrazine groups is 1. The number of hydrogen-bond donors (Lipinski definition) is 2. The maximum absolute atomic E-state index is 11.3. The van der Waals surface area contributed by atoms with Gasteiger partial charge in [-0.15, -0.1) is 11.3 Å². The molecule has 2 rings (SSSR count). The van der Waals surface area contributed by atoms with Crippen molar-refractivity contribution in [3.8, 4) is 5.75 Å². The fourth-order valence-corrected chi connectivity index (χ4v) is 2.75. The van der Waals surface area contributed by atoms with E-state index in [-0.39, 0.29) is 5.91 Å². The molecule has 0 aliphatic rings. The lowest BCUT2D eigenvalue weighted by molar-refractivity contribution is 0.0957. The van der Waals surface area contributed by atoms with Crippen LogP contribution >= 0.6 is 34.5 Å². The van der Waals surface area contributed by atoms with E-state index in [1.165, 1.54) is 11.3 Å². The van der Waals surface area contributed by atoms with Gasteiger partial charge in [0.05, 0.1) is 4.88 Å². The highest BCUT2D eigenvalue weighted by Gasteiger charge is 2.08. The van der Waals surface area contributed by atoms with Gasteiger partial charge >= 0.3 is 0 Å². The molecule has 0 radical (unpaired) electrons. The number of hydrogen-bond acceptors (Lipinski definition) is 4. The number of nitrogens with one attached hydrogen (secondary N) is 1. The maximum atomic E-state index is 11.3. The Bertz CT molecular complexity index is 581. The predicted octanol–water partition coefficient (Wildman–Crippen LogP) is 3.24. The van der Waals surface area contributed by atoms with E-state index >= 15 is 0 Å². The molecule has 0 unspecified atom stereocenters. The molecule has 0 fully saturated rings. The molecular formula is C12H10Cl2N2O2S. The first-order chi connectivity index (χ1) is 9.08. The molecule has 0 saturated heterocycles. The average Bonchev–Trinajstić information content (AvgIpc) is 2.83. The van der Waals surface area contributed by atoms with Crippen molar-refractivity contribution >= 4 is 40.4 Å². The largest absolute Gasteiger partial charge is 0.488 e. The van der Waals surface area contributed by atoms with Gasteiger partial charge < -0.3 is 4.74 Å². The zero-order chi connectivity index (χ0) is 13.8. The van der Waals surface area contributed by atoms with E-state index in [9.17, 15) is 4.79 Å². The summed E-state index contributed by atoms with van der Waals surface area (Å²) in [5, 5.41) is 1.02. The van der Waals surface area contributed by atoms with E-state index in [0.717, 1.165) is 4.88 Å². The molecule has 0 bridgehead atoms. The number of ether oxygens (including phenoxy) is 1. The standard InChI is InChI=1S/C12H10Cl2N2O2S/c13-7-3-8(14)5-9(4-7)18-6-10-1-2-11(19-10)12(17)16-15/h1-5H,6,15H2,(H,16,17). The third-order valence-corrected chi connectivity index (χ3v) is 3.73. The molecule has 2 aromatic rings. The fourth-order valence-electron chi connectivity index (χ4n) is 1.41. The Morgan fingerprint density at radius 2 is 1.95 bits per heavy atom. The molecule has 100 valence electrons. The second-order valence-electron chi connectivity index (χ2n) is 3.63. The second-order valence-corrected chi connectivity index (χ2v) is 5.67. The minimum absolute atomic E-state index is 0.318. The van der Waals surface area contributed by atoms with E-state index < -0.39 is 0 Å². The molecule has 1 heterocycles. The van der Waals surface area contributed by atoms with Crippen molar-refractivity contribution in [2.45, 2.75) is 6.61 Å². The van der Waals surface area contributed by atoms with Gasteiger partial charge in [-0.2, -0.15) is 0 Å². The molecule has 1 aromatic carbocycles. The quantitative estimate of drug-likeness (QED) is 0.517. The zero-order valence-electron chi connectivity index (χ0n) is 9.65.